The summed E-state index contributed by atoms with van der Waals surface area (Å²) < 4.78 is 0. The average molecular weight is 310 g/mol. The van der Waals surface area contributed by atoms with Gasteiger partial charge in [-0.05, 0) is 44.7 Å². The first-order chi connectivity index (χ1) is 9.90. The fourth-order valence-electron chi connectivity index (χ4n) is 2.75. The molecule has 1 saturated heterocycles. The lowest BCUT2D eigenvalue weighted by molar-refractivity contribution is -0.151. The molecule has 1 fully saturated rings. The fourth-order valence-corrected chi connectivity index (χ4v) is 3.49. The summed E-state index contributed by atoms with van der Waals surface area (Å²) in [5.41, 5.74) is -0.738. The van der Waals surface area contributed by atoms with E-state index in [-0.39, 0.29) is 18.5 Å². The van der Waals surface area contributed by atoms with Gasteiger partial charge in [0.1, 0.15) is 0 Å². The molecule has 0 aliphatic carbocycles. The van der Waals surface area contributed by atoms with Crippen molar-refractivity contribution in [1.82, 2.24) is 10.2 Å². The van der Waals surface area contributed by atoms with Crippen molar-refractivity contribution < 1.29 is 14.7 Å². The molecular weight excluding hydrogens is 288 g/mol. The Labute approximate surface area is 129 Å². The van der Waals surface area contributed by atoms with Crippen LogP contribution in [-0.2, 0) is 9.59 Å². The summed E-state index contributed by atoms with van der Waals surface area (Å²) in [6.07, 6.45) is 1.49. The minimum Gasteiger partial charge on any atom is -0.481 e. The van der Waals surface area contributed by atoms with Gasteiger partial charge in [-0.3, -0.25) is 14.5 Å². The summed E-state index contributed by atoms with van der Waals surface area (Å²) in [6.45, 7) is 5.19. The molecule has 2 rings (SSSR count). The van der Waals surface area contributed by atoms with E-state index in [2.05, 4.69) is 5.32 Å². The van der Waals surface area contributed by atoms with E-state index < -0.39 is 11.4 Å². The van der Waals surface area contributed by atoms with E-state index in [1.165, 1.54) is 0 Å². The zero-order chi connectivity index (χ0) is 15.5. The fraction of sp³-hybridized carbons (Fsp3) is 0.600. The summed E-state index contributed by atoms with van der Waals surface area (Å²) in [7, 11) is 0. The molecule has 0 saturated carbocycles. The van der Waals surface area contributed by atoms with Crippen LogP contribution in [0.3, 0.4) is 0 Å². The van der Waals surface area contributed by atoms with Gasteiger partial charge < -0.3 is 10.4 Å². The molecule has 1 aliphatic heterocycles. The smallest absolute Gasteiger partial charge is 0.310 e. The number of carboxylic acids is 1. The molecule has 1 aliphatic rings. The van der Waals surface area contributed by atoms with Crippen LogP contribution < -0.4 is 5.32 Å². The monoisotopic (exact) mass is 310 g/mol. The van der Waals surface area contributed by atoms with E-state index >= 15 is 0 Å². The minimum atomic E-state index is -0.778. The number of amides is 1. The second-order valence-corrected chi connectivity index (χ2v) is 6.96. The Bertz CT molecular complexity index is 503. The number of hydrogen-bond donors (Lipinski definition) is 2. The number of hydrogen-bond acceptors (Lipinski definition) is 4. The van der Waals surface area contributed by atoms with E-state index in [0.29, 0.717) is 13.0 Å². The molecule has 0 aromatic carbocycles. The Morgan fingerprint density at radius 1 is 1.57 bits per heavy atom. The predicted octanol–water partition coefficient (Wildman–Crippen LogP) is 2.11. The molecule has 21 heavy (non-hydrogen) atoms. The largest absolute Gasteiger partial charge is 0.481 e. The van der Waals surface area contributed by atoms with Gasteiger partial charge in [0.15, 0.2) is 0 Å². The molecular formula is C15H22N2O3S. The molecule has 2 unspecified atom stereocenters. The number of thiophene rings is 1. The van der Waals surface area contributed by atoms with Gasteiger partial charge in [0.25, 0.3) is 0 Å². The second kappa shape index (κ2) is 6.58. The highest BCUT2D eigenvalue weighted by Crippen LogP contribution is 2.29. The molecule has 6 heteroatoms. The maximum absolute atomic E-state index is 12.1. The maximum Gasteiger partial charge on any atom is 0.310 e. The van der Waals surface area contributed by atoms with Crippen molar-refractivity contribution in [3.63, 3.8) is 0 Å². The normalized spacial score (nSPS) is 24.5. The van der Waals surface area contributed by atoms with Gasteiger partial charge in [0.2, 0.25) is 5.91 Å². The summed E-state index contributed by atoms with van der Waals surface area (Å²) in [4.78, 5) is 26.5. The van der Waals surface area contributed by atoms with Gasteiger partial charge in [0, 0.05) is 11.4 Å². The number of aliphatic carboxylic acids is 1. The quantitative estimate of drug-likeness (QED) is 0.874. The van der Waals surface area contributed by atoms with Crippen LogP contribution in [0.4, 0.5) is 0 Å². The first-order valence-corrected chi connectivity index (χ1v) is 8.07. The van der Waals surface area contributed by atoms with Gasteiger partial charge in [-0.1, -0.05) is 6.07 Å². The van der Waals surface area contributed by atoms with Crippen LogP contribution >= 0.6 is 11.3 Å². The van der Waals surface area contributed by atoms with Crippen LogP contribution in [0.5, 0.6) is 0 Å². The van der Waals surface area contributed by atoms with Crippen LogP contribution in [0.15, 0.2) is 17.5 Å². The Hall–Kier alpha value is -1.40. The highest BCUT2D eigenvalue weighted by Gasteiger charge is 2.38. The highest BCUT2D eigenvalue weighted by atomic mass is 32.1. The zero-order valence-electron chi connectivity index (χ0n) is 12.5. The van der Waals surface area contributed by atoms with E-state index in [1.807, 2.05) is 29.3 Å². The van der Waals surface area contributed by atoms with Gasteiger partial charge in [-0.2, -0.15) is 0 Å². The molecule has 2 atom stereocenters. The summed E-state index contributed by atoms with van der Waals surface area (Å²) in [6, 6.07) is 3.96. The number of piperidine rings is 1. The molecule has 0 radical (unpaired) electrons. The van der Waals surface area contributed by atoms with Gasteiger partial charge in [0.05, 0.1) is 18.0 Å². The molecule has 1 amide bonds. The number of carbonyl (C=O) groups excluding carboxylic acids is 1. The van der Waals surface area contributed by atoms with Crippen molar-refractivity contribution in [3.05, 3.63) is 22.4 Å². The third-order valence-electron chi connectivity index (χ3n) is 4.01. The number of likely N-dealkylation sites (tertiary alicyclic amines) is 1. The van der Waals surface area contributed by atoms with E-state index in [0.717, 1.165) is 17.8 Å². The standard InChI is InChI=1S/C15H22N2O3S/c1-11(12-5-3-8-21-12)16-13(18)9-17-7-4-6-15(2,10-17)14(19)20/h3,5,8,11H,4,6-7,9-10H2,1-2H3,(H,16,18)(H,19,20). The molecule has 1 aromatic rings. The predicted molar refractivity (Wildman–Crippen MR) is 82.3 cm³/mol. The second-order valence-electron chi connectivity index (χ2n) is 5.98. The lowest BCUT2D eigenvalue weighted by atomic mass is 9.82. The number of nitrogens with one attached hydrogen (secondary N) is 1. The molecule has 0 spiro atoms. The van der Waals surface area contributed by atoms with E-state index in [9.17, 15) is 14.7 Å². The number of nitrogens with zero attached hydrogens (tertiary/aromatic N) is 1. The lowest BCUT2D eigenvalue weighted by Crippen LogP contribution is -2.49. The lowest BCUT2D eigenvalue weighted by Gasteiger charge is -2.37. The van der Waals surface area contributed by atoms with Crippen LogP contribution in [0, 0.1) is 5.41 Å². The minimum absolute atomic E-state index is 0.00634. The highest BCUT2D eigenvalue weighted by molar-refractivity contribution is 7.10. The number of carbonyl (C=O) groups is 2. The van der Waals surface area contributed by atoms with E-state index in [4.69, 9.17) is 0 Å². The van der Waals surface area contributed by atoms with Crippen LogP contribution in [0.1, 0.15) is 37.6 Å². The molecule has 1 aromatic heterocycles. The van der Waals surface area contributed by atoms with Crippen molar-refractivity contribution >= 4 is 23.2 Å². The Kier molecular flexibility index (Phi) is 5.00. The molecule has 2 heterocycles. The van der Waals surface area contributed by atoms with E-state index in [1.54, 1.807) is 18.3 Å². The first kappa shape index (κ1) is 16.0. The third-order valence-corrected chi connectivity index (χ3v) is 5.06. The van der Waals surface area contributed by atoms with Crippen LogP contribution in [-0.4, -0.2) is 41.5 Å². The third kappa shape index (κ3) is 4.04. The molecule has 5 nitrogen and oxygen atoms in total. The summed E-state index contributed by atoms with van der Waals surface area (Å²) >= 11 is 1.62. The molecule has 2 N–H and O–H groups in total. The van der Waals surface area contributed by atoms with Crippen molar-refractivity contribution in [3.8, 4) is 0 Å². The van der Waals surface area contributed by atoms with Crippen molar-refractivity contribution in [2.75, 3.05) is 19.6 Å². The van der Waals surface area contributed by atoms with Gasteiger partial charge in [-0.15, -0.1) is 11.3 Å². The summed E-state index contributed by atoms with van der Waals surface area (Å²) in [5, 5.41) is 14.2. The zero-order valence-corrected chi connectivity index (χ0v) is 13.3. The maximum atomic E-state index is 12.1. The van der Waals surface area contributed by atoms with Crippen molar-refractivity contribution in [2.24, 2.45) is 5.41 Å². The van der Waals surface area contributed by atoms with Crippen LogP contribution in [0.25, 0.3) is 0 Å². The molecule has 0 bridgehead atoms. The Balaban J connectivity index is 1.86. The van der Waals surface area contributed by atoms with Crippen molar-refractivity contribution in [2.45, 2.75) is 32.7 Å². The summed E-state index contributed by atoms with van der Waals surface area (Å²) in [5.74, 6) is -0.829. The SMILES string of the molecule is CC(NC(=O)CN1CCCC(C)(C(=O)O)C1)c1cccs1. The average Bonchev–Trinajstić information content (AvgIpc) is 2.92. The van der Waals surface area contributed by atoms with Gasteiger partial charge in [-0.25, -0.2) is 0 Å². The first-order valence-electron chi connectivity index (χ1n) is 7.19. The Morgan fingerprint density at radius 2 is 2.33 bits per heavy atom. The Morgan fingerprint density at radius 3 is 2.95 bits per heavy atom. The van der Waals surface area contributed by atoms with Gasteiger partial charge >= 0.3 is 5.97 Å². The topological polar surface area (TPSA) is 69.6 Å². The van der Waals surface area contributed by atoms with Crippen molar-refractivity contribution in [1.29, 1.82) is 0 Å². The number of carboxylic acid groups (broad SMARTS) is 1. The number of rotatable bonds is 5. The van der Waals surface area contributed by atoms with Crippen LogP contribution in [0.2, 0.25) is 0 Å². The molecule has 116 valence electrons.